The van der Waals surface area contributed by atoms with Crippen LogP contribution in [0.5, 0.6) is 5.75 Å². The monoisotopic (exact) mass is 463 g/mol. The molecule has 0 spiro atoms. The number of hydrogen-bond acceptors (Lipinski definition) is 5. The number of rotatable bonds is 5. The van der Waals surface area contributed by atoms with Crippen molar-refractivity contribution >= 4 is 33.4 Å². The molecule has 3 atom stereocenters. The SMILES string of the molecule is O=C1N[C@@H](Cc2ccc(O)cc2)C(=O)N2CC[C@H](NS(=O)(=O)c3ccc(Cl)cc3)C[C@@H]12. The zero-order valence-corrected chi connectivity index (χ0v) is 18.1. The third-order valence-electron chi connectivity index (χ3n) is 5.62. The van der Waals surface area contributed by atoms with Crippen LogP contribution in [0.25, 0.3) is 0 Å². The fraction of sp³-hybridized carbons (Fsp3) is 0.333. The van der Waals surface area contributed by atoms with Gasteiger partial charge in [-0.05, 0) is 54.8 Å². The summed E-state index contributed by atoms with van der Waals surface area (Å²) in [6.45, 7) is 0.288. The number of hydrogen-bond donors (Lipinski definition) is 3. The van der Waals surface area contributed by atoms with Crippen molar-refractivity contribution < 1.29 is 23.1 Å². The summed E-state index contributed by atoms with van der Waals surface area (Å²) in [5.74, 6) is -0.346. The third kappa shape index (κ3) is 4.68. The topological polar surface area (TPSA) is 116 Å². The number of amides is 2. The first-order valence-electron chi connectivity index (χ1n) is 9.89. The number of nitrogens with one attached hydrogen (secondary N) is 2. The Labute approximate surface area is 185 Å². The summed E-state index contributed by atoms with van der Waals surface area (Å²) < 4.78 is 27.9. The van der Waals surface area contributed by atoms with Gasteiger partial charge in [0.1, 0.15) is 17.8 Å². The highest BCUT2D eigenvalue weighted by molar-refractivity contribution is 7.89. The van der Waals surface area contributed by atoms with Crippen molar-refractivity contribution in [3.05, 3.63) is 59.1 Å². The van der Waals surface area contributed by atoms with E-state index in [1.54, 1.807) is 12.1 Å². The van der Waals surface area contributed by atoms with E-state index < -0.39 is 28.1 Å². The van der Waals surface area contributed by atoms with E-state index in [-0.39, 0.29) is 35.4 Å². The molecule has 2 heterocycles. The van der Waals surface area contributed by atoms with Crippen LogP contribution in [0.15, 0.2) is 53.4 Å². The minimum atomic E-state index is -3.76. The number of carbonyl (C=O) groups is 2. The number of benzene rings is 2. The summed E-state index contributed by atoms with van der Waals surface area (Å²) in [6, 6.07) is 10.5. The Bertz CT molecular complexity index is 1090. The zero-order valence-electron chi connectivity index (χ0n) is 16.5. The van der Waals surface area contributed by atoms with Crippen LogP contribution >= 0.6 is 11.6 Å². The van der Waals surface area contributed by atoms with E-state index >= 15 is 0 Å². The fourth-order valence-electron chi connectivity index (χ4n) is 4.02. The van der Waals surface area contributed by atoms with Gasteiger partial charge in [0.2, 0.25) is 21.8 Å². The molecule has 2 aromatic rings. The number of piperazine rings is 1. The maximum atomic E-state index is 12.9. The number of sulfonamides is 1. The summed E-state index contributed by atoms with van der Waals surface area (Å²) >= 11 is 5.82. The van der Waals surface area contributed by atoms with Gasteiger partial charge in [0.25, 0.3) is 0 Å². The zero-order chi connectivity index (χ0) is 22.2. The van der Waals surface area contributed by atoms with E-state index in [4.69, 9.17) is 11.6 Å². The van der Waals surface area contributed by atoms with Gasteiger partial charge >= 0.3 is 0 Å². The molecule has 0 aromatic heterocycles. The van der Waals surface area contributed by atoms with Crippen LogP contribution in [0.1, 0.15) is 18.4 Å². The normalized spacial score (nSPS) is 23.9. The summed E-state index contributed by atoms with van der Waals surface area (Å²) in [5.41, 5.74) is 0.820. The lowest BCUT2D eigenvalue weighted by Gasteiger charge is -2.44. The van der Waals surface area contributed by atoms with E-state index in [1.165, 1.54) is 41.3 Å². The standard InChI is InChI=1S/C21H22ClN3O5S/c22-14-3-7-17(8-4-14)31(29,30)24-15-9-10-25-19(12-15)20(27)23-18(21(25)28)11-13-1-5-16(26)6-2-13/h1-8,15,18-19,24,26H,9-12H2,(H,23,27)/t15-,18-,19-/m0/s1. The quantitative estimate of drug-likeness (QED) is 0.620. The molecule has 0 saturated carbocycles. The molecule has 10 heteroatoms. The molecule has 0 bridgehead atoms. The van der Waals surface area contributed by atoms with Crippen molar-refractivity contribution in [3.63, 3.8) is 0 Å². The second-order valence-corrected chi connectivity index (χ2v) is 9.93. The Morgan fingerprint density at radius 3 is 2.45 bits per heavy atom. The smallest absolute Gasteiger partial charge is 0.246 e. The molecule has 2 aliphatic heterocycles. The van der Waals surface area contributed by atoms with Crippen LogP contribution in [-0.2, 0) is 26.0 Å². The molecule has 2 saturated heterocycles. The van der Waals surface area contributed by atoms with E-state index in [9.17, 15) is 23.1 Å². The lowest BCUT2D eigenvalue weighted by atomic mass is 9.92. The molecule has 2 aliphatic rings. The molecule has 31 heavy (non-hydrogen) atoms. The van der Waals surface area contributed by atoms with Crippen LogP contribution < -0.4 is 10.0 Å². The molecule has 2 fully saturated rings. The minimum Gasteiger partial charge on any atom is -0.508 e. The maximum absolute atomic E-state index is 12.9. The molecule has 0 unspecified atom stereocenters. The number of phenolic OH excluding ortho intramolecular Hbond substituents is 1. The highest BCUT2D eigenvalue weighted by Gasteiger charge is 2.44. The molecule has 2 aromatic carbocycles. The van der Waals surface area contributed by atoms with Crippen molar-refractivity contribution in [2.75, 3.05) is 6.54 Å². The van der Waals surface area contributed by atoms with Crippen LogP contribution in [0.3, 0.4) is 0 Å². The largest absolute Gasteiger partial charge is 0.508 e. The number of fused-ring (bicyclic) bond motifs is 1. The number of halogens is 1. The third-order valence-corrected chi connectivity index (χ3v) is 7.41. The second kappa shape index (κ2) is 8.49. The van der Waals surface area contributed by atoms with Crippen molar-refractivity contribution in [2.45, 2.75) is 42.3 Å². The van der Waals surface area contributed by atoms with E-state index in [1.807, 2.05) is 0 Å². The van der Waals surface area contributed by atoms with Crippen LogP contribution in [0.2, 0.25) is 5.02 Å². The first-order chi connectivity index (χ1) is 14.7. The van der Waals surface area contributed by atoms with Crippen molar-refractivity contribution in [3.8, 4) is 5.75 Å². The summed E-state index contributed by atoms with van der Waals surface area (Å²) in [4.78, 5) is 27.3. The van der Waals surface area contributed by atoms with Crippen LogP contribution in [-0.4, -0.2) is 54.9 Å². The Morgan fingerprint density at radius 2 is 1.77 bits per heavy atom. The first-order valence-corrected chi connectivity index (χ1v) is 11.8. The van der Waals surface area contributed by atoms with Gasteiger partial charge in [-0.2, -0.15) is 0 Å². The Balaban J connectivity index is 1.42. The molecule has 0 radical (unpaired) electrons. The van der Waals surface area contributed by atoms with Gasteiger partial charge in [-0.15, -0.1) is 0 Å². The predicted molar refractivity (Wildman–Crippen MR) is 114 cm³/mol. The summed E-state index contributed by atoms with van der Waals surface area (Å²) in [5, 5.41) is 12.6. The Morgan fingerprint density at radius 1 is 1.10 bits per heavy atom. The summed E-state index contributed by atoms with van der Waals surface area (Å²) in [7, 11) is -3.76. The number of piperidine rings is 1. The van der Waals surface area contributed by atoms with Crippen molar-refractivity contribution in [1.82, 2.24) is 14.9 Å². The average molecular weight is 464 g/mol. The summed E-state index contributed by atoms with van der Waals surface area (Å²) in [6.07, 6.45) is 0.936. The lowest BCUT2D eigenvalue weighted by molar-refractivity contribution is -0.151. The van der Waals surface area contributed by atoms with Gasteiger partial charge < -0.3 is 15.3 Å². The molecule has 8 nitrogen and oxygen atoms in total. The van der Waals surface area contributed by atoms with Gasteiger partial charge in [0, 0.05) is 24.0 Å². The average Bonchev–Trinajstić information content (AvgIpc) is 2.73. The highest BCUT2D eigenvalue weighted by atomic mass is 35.5. The Kier molecular flexibility index (Phi) is 5.92. The molecule has 0 aliphatic carbocycles. The number of aromatic hydroxyl groups is 1. The highest BCUT2D eigenvalue weighted by Crippen LogP contribution is 2.25. The molecule has 4 rings (SSSR count). The van der Waals surface area contributed by atoms with E-state index in [0.29, 0.717) is 17.9 Å². The molecule has 164 valence electrons. The number of carbonyl (C=O) groups excluding carboxylic acids is 2. The minimum absolute atomic E-state index is 0.0949. The molecule has 2 amide bonds. The van der Waals surface area contributed by atoms with Crippen LogP contribution in [0, 0.1) is 0 Å². The predicted octanol–water partition coefficient (Wildman–Crippen LogP) is 1.42. The van der Waals surface area contributed by atoms with Crippen LogP contribution in [0.4, 0.5) is 0 Å². The van der Waals surface area contributed by atoms with E-state index in [0.717, 1.165) is 5.56 Å². The fourth-order valence-corrected chi connectivity index (χ4v) is 5.43. The van der Waals surface area contributed by atoms with Gasteiger partial charge in [-0.25, -0.2) is 13.1 Å². The molecular weight excluding hydrogens is 442 g/mol. The maximum Gasteiger partial charge on any atom is 0.246 e. The Hall–Kier alpha value is -2.62. The van der Waals surface area contributed by atoms with Gasteiger partial charge in [-0.1, -0.05) is 23.7 Å². The molecule has 3 N–H and O–H groups in total. The second-order valence-electron chi connectivity index (χ2n) is 7.78. The van der Waals surface area contributed by atoms with Gasteiger partial charge in [0.05, 0.1) is 4.90 Å². The lowest BCUT2D eigenvalue weighted by Crippen LogP contribution is -2.67. The van der Waals surface area contributed by atoms with Gasteiger partial charge in [-0.3, -0.25) is 9.59 Å². The number of nitrogens with zero attached hydrogens (tertiary/aromatic N) is 1. The van der Waals surface area contributed by atoms with Crippen molar-refractivity contribution in [2.24, 2.45) is 0 Å². The number of phenols is 1. The first kappa shape index (κ1) is 21.6. The van der Waals surface area contributed by atoms with Crippen molar-refractivity contribution in [1.29, 1.82) is 0 Å². The van der Waals surface area contributed by atoms with Gasteiger partial charge in [0.15, 0.2) is 0 Å². The van der Waals surface area contributed by atoms with E-state index in [2.05, 4.69) is 10.0 Å². The molecular formula is C21H22ClN3O5S.